The topological polar surface area (TPSA) is 71.8 Å². The van der Waals surface area contributed by atoms with Crippen molar-refractivity contribution in [3.05, 3.63) is 88.0 Å². The van der Waals surface area contributed by atoms with E-state index in [0.29, 0.717) is 18.1 Å². The van der Waals surface area contributed by atoms with Crippen LogP contribution in [-0.4, -0.2) is 29.8 Å². The third-order valence-electron chi connectivity index (χ3n) is 4.47. The van der Waals surface area contributed by atoms with Gasteiger partial charge < -0.3 is 19.4 Å². The predicted octanol–water partition coefficient (Wildman–Crippen LogP) is 4.54. The van der Waals surface area contributed by atoms with E-state index in [2.05, 4.69) is 21.2 Å². The van der Waals surface area contributed by atoms with E-state index in [-0.39, 0.29) is 43.1 Å². The summed E-state index contributed by atoms with van der Waals surface area (Å²) in [6.45, 7) is 2.45. The van der Waals surface area contributed by atoms with Crippen LogP contribution in [0.25, 0.3) is 0 Å². The molecular weight excluding hydrogens is 467 g/mol. The molecule has 31 heavy (non-hydrogen) atoms. The zero-order valence-electron chi connectivity index (χ0n) is 16.9. The summed E-state index contributed by atoms with van der Waals surface area (Å²) in [5.74, 6) is 0.295. The van der Waals surface area contributed by atoms with Crippen LogP contribution in [0.5, 0.6) is 5.75 Å². The fraction of sp³-hybridized carbons (Fsp3) is 0.217. The van der Waals surface area contributed by atoms with Crippen LogP contribution in [0.15, 0.2) is 69.6 Å². The molecule has 0 radical (unpaired) electrons. The van der Waals surface area contributed by atoms with Crippen LogP contribution >= 0.6 is 15.9 Å². The number of likely N-dealkylation sites (N-methyl/N-ethyl adjacent to an activating group) is 1. The molecule has 1 N–H and O–H groups in total. The van der Waals surface area contributed by atoms with E-state index in [9.17, 15) is 14.0 Å². The van der Waals surface area contributed by atoms with Crippen LogP contribution in [0.2, 0.25) is 0 Å². The Bertz CT molecular complexity index is 1020. The van der Waals surface area contributed by atoms with Crippen molar-refractivity contribution in [2.45, 2.75) is 20.1 Å². The highest BCUT2D eigenvalue weighted by atomic mass is 79.9. The van der Waals surface area contributed by atoms with E-state index in [1.165, 1.54) is 17.0 Å². The number of benzene rings is 2. The minimum atomic E-state index is -0.380. The average molecular weight is 489 g/mol. The molecule has 3 rings (SSSR count). The van der Waals surface area contributed by atoms with E-state index >= 15 is 0 Å². The monoisotopic (exact) mass is 488 g/mol. The van der Waals surface area contributed by atoms with Crippen molar-refractivity contribution >= 4 is 27.7 Å². The Hall–Kier alpha value is -3.13. The van der Waals surface area contributed by atoms with Crippen molar-refractivity contribution < 1.29 is 23.1 Å². The number of amides is 2. The number of hydrogen-bond donors (Lipinski definition) is 1. The molecule has 1 heterocycles. The predicted molar refractivity (Wildman–Crippen MR) is 117 cm³/mol. The first-order valence-corrected chi connectivity index (χ1v) is 10.5. The smallest absolute Gasteiger partial charge is 0.290 e. The van der Waals surface area contributed by atoms with Gasteiger partial charge >= 0.3 is 0 Å². The summed E-state index contributed by atoms with van der Waals surface area (Å²) >= 11 is 3.36. The quantitative estimate of drug-likeness (QED) is 0.479. The van der Waals surface area contributed by atoms with E-state index < -0.39 is 0 Å². The van der Waals surface area contributed by atoms with E-state index in [1.807, 2.05) is 24.3 Å². The molecule has 2 aromatic carbocycles. The largest absolute Gasteiger partial charge is 0.486 e. The number of carbonyl (C=O) groups is 2. The van der Waals surface area contributed by atoms with Crippen LogP contribution in [0, 0.1) is 5.82 Å². The summed E-state index contributed by atoms with van der Waals surface area (Å²) in [5, 5.41) is 2.73. The molecule has 0 atom stereocenters. The fourth-order valence-electron chi connectivity index (χ4n) is 2.77. The van der Waals surface area contributed by atoms with Gasteiger partial charge in [0, 0.05) is 17.6 Å². The second kappa shape index (κ2) is 10.8. The van der Waals surface area contributed by atoms with Gasteiger partial charge in [-0.3, -0.25) is 9.59 Å². The number of nitrogens with zero attached hydrogens (tertiary/aromatic N) is 1. The highest BCUT2D eigenvalue weighted by Crippen LogP contribution is 2.18. The molecule has 0 aliphatic rings. The third kappa shape index (κ3) is 6.68. The summed E-state index contributed by atoms with van der Waals surface area (Å²) in [6, 6.07) is 16.5. The van der Waals surface area contributed by atoms with Gasteiger partial charge in [0.25, 0.3) is 5.91 Å². The Balaban J connectivity index is 1.51. The van der Waals surface area contributed by atoms with Crippen molar-refractivity contribution in [3.8, 4) is 5.75 Å². The lowest BCUT2D eigenvalue weighted by Crippen LogP contribution is -2.40. The molecule has 0 unspecified atom stereocenters. The maximum atomic E-state index is 13.0. The Labute approximate surface area is 188 Å². The van der Waals surface area contributed by atoms with Crippen LogP contribution in [0.4, 0.5) is 4.39 Å². The number of halogens is 2. The molecule has 0 saturated carbocycles. The van der Waals surface area contributed by atoms with Crippen molar-refractivity contribution in [2.75, 3.05) is 13.1 Å². The molecule has 0 aliphatic carbocycles. The normalized spacial score (nSPS) is 10.5. The Morgan fingerprint density at radius 2 is 1.77 bits per heavy atom. The van der Waals surface area contributed by atoms with Gasteiger partial charge in [-0.25, -0.2) is 4.39 Å². The maximum absolute atomic E-state index is 13.0. The van der Waals surface area contributed by atoms with Crippen LogP contribution in [0.3, 0.4) is 0 Å². The molecule has 8 heteroatoms. The number of rotatable bonds is 9. The van der Waals surface area contributed by atoms with Gasteiger partial charge in [0.1, 0.15) is 23.9 Å². The lowest BCUT2D eigenvalue weighted by molar-refractivity contribution is -0.121. The van der Waals surface area contributed by atoms with Gasteiger partial charge in [0.05, 0.1) is 6.54 Å². The first-order valence-electron chi connectivity index (χ1n) is 9.72. The van der Waals surface area contributed by atoms with Gasteiger partial charge in [-0.05, 0) is 61.0 Å². The van der Waals surface area contributed by atoms with E-state index in [4.69, 9.17) is 9.15 Å². The van der Waals surface area contributed by atoms with Gasteiger partial charge in [-0.2, -0.15) is 0 Å². The molecular formula is C23H22BrFN2O4. The Kier molecular flexibility index (Phi) is 7.83. The van der Waals surface area contributed by atoms with Crippen molar-refractivity contribution in [1.82, 2.24) is 10.2 Å². The first-order chi connectivity index (χ1) is 14.9. The maximum Gasteiger partial charge on any atom is 0.290 e. The lowest BCUT2D eigenvalue weighted by Gasteiger charge is -2.19. The molecule has 0 aliphatic heterocycles. The molecule has 0 fully saturated rings. The zero-order chi connectivity index (χ0) is 22.2. The van der Waals surface area contributed by atoms with Gasteiger partial charge in [0.15, 0.2) is 5.76 Å². The van der Waals surface area contributed by atoms with Crippen LogP contribution < -0.4 is 10.1 Å². The standard InChI is InChI=1S/C23H22BrFN2O4/c1-2-27(14-22(28)26-13-16-3-7-18(25)8-4-16)23(29)21-12-11-20(31-21)15-30-19-9-5-17(24)6-10-19/h3-12H,2,13-15H2,1H3,(H,26,28). The lowest BCUT2D eigenvalue weighted by atomic mass is 10.2. The second-order valence-electron chi connectivity index (χ2n) is 6.73. The van der Waals surface area contributed by atoms with Gasteiger partial charge in [-0.1, -0.05) is 28.1 Å². The minimum absolute atomic E-state index is 0.109. The number of nitrogens with one attached hydrogen (secondary N) is 1. The third-order valence-corrected chi connectivity index (χ3v) is 5.00. The van der Waals surface area contributed by atoms with Crippen molar-refractivity contribution in [3.63, 3.8) is 0 Å². The van der Waals surface area contributed by atoms with E-state index in [1.54, 1.807) is 31.2 Å². The zero-order valence-corrected chi connectivity index (χ0v) is 18.5. The molecule has 162 valence electrons. The highest BCUT2D eigenvalue weighted by molar-refractivity contribution is 9.10. The Morgan fingerprint density at radius 3 is 2.45 bits per heavy atom. The van der Waals surface area contributed by atoms with Gasteiger partial charge in [0.2, 0.25) is 5.91 Å². The van der Waals surface area contributed by atoms with Crippen LogP contribution in [-0.2, 0) is 17.9 Å². The number of ether oxygens (including phenoxy) is 1. The highest BCUT2D eigenvalue weighted by Gasteiger charge is 2.20. The molecule has 1 aromatic heterocycles. The SMILES string of the molecule is CCN(CC(=O)NCc1ccc(F)cc1)C(=O)c1ccc(COc2ccc(Br)cc2)o1. The Morgan fingerprint density at radius 1 is 1.06 bits per heavy atom. The van der Waals surface area contributed by atoms with E-state index in [0.717, 1.165) is 10.0 Å². The molecule has 6 nitrogen and oxygen atoms in total. The number of carbonyl (C=O) groups excluding carboxylic acids is 2. The summed E-state index contributed by atoms with van der Waals surface area (Å²) in [6.07, 6.45) is 0. The molecule has 0 bridgehead atoms. The molecule has 0 saturated heterocycles. The summed E-state index contributed by atoms with van der Waals surface area (Å²) in [4.78, 5) is 26.3. The van der Waals surface area contributed by atoms with Crippen molar-refractivity contribution in [1.29, 1.82) is 0 Å². The van der Waals surface area contributed by atoms with Gasteiger partial charge in [-0.15, -0.1) is 0 Å². The molecule has 0 spiro atoms. The summed E-state index contributed by atoms with van der Waals surface area (Å²) in [7, 11) is 0. The first kappa shape index (κ1) is 22.6. The fourth-order valence-corrected chi connectivity index (χ4v) is 3.04. The minimum Gasteiger partial charge on any atom is -0.486 e. The molecule has 3 aromatic rings. The molecule has 2 amide bonds. The number of hydrogen-bond acceptors (Lipinski definition) is 4. The number of furan rings is 1. The summed E-state index contributed by atoms with van der Waals surface area (Å²) < 4.78 is 25.2. The summed E-state index contributed by atoms with van der Waals surface area (Å²) in [5.41, 5.74) is 0.769. The average Bonchev–Trinajstić information content (AvgIpc) is 3.25. The second-order valence-corrected chi connectivity index (χ2v) is 7.65. The van der Waals surface area contributed by atoms with Crippen molar-refractivity contribution in [2.24, 2.45) is 0 Å². The van der Waals surface area contributed by atoms with Crippen LogP contribution in [0.1, 0.15) is 28.8 Å².